The average molecular weight is 158 g/mol. The van der Waals surface area contributed by atoms with Gasteiger partial charge in [0.05, 0.1) is 0 Å². The van der Waals surface area contributed by atoms with Crippen molar-refractivity contribution < 1.29 is 0 Å². The quantitative estimate of drug-likeness (QED) is 0.373. The molecule has 0 N–H and O–H groups in total. The fourth-order valence-corrected chi connectivity index (χ4v) is 1.19. The molecule has 1 heteroatoms. The highest BCUT2D eigenvalue weighted by atomic mass is 31.1. The molecule has 0 atom stereocenters. The van der Waals surface area contributed by atoms with Crippen molar-refractivity contribution >= 4 is 7.92 Å². The van der Waals surface area contributed by atoms with Crippen LogP contribution in [0.25, 0.3) is 0 Å². The van der Waals surface area contributed by atoms with Crippen LogP contribution in [0.1, 0.15) is 13.8 Å². The van der Waals surface area contributed by atoms with E-state index >= 15 is 0 Å². The molecule has 0 aromatic heterocycles. The summed E-state index contributed by atoms with van der Waals surface area (Å²) in [4.78, 5) is 0. The van der Waals surface area contributed by atoms with Crippen LogP contribution in [0.3, 0.4) is 0 Å². The molecule has 52 valence electrons. The molecule has 11 heavy (non-hydrogen) atoms. The molecule has 0 unspecified atom stereocenters. The molecule has 0 aromatic rings. The first-order valence-corrected chi connectivity index (χ1v) is 4.30. The summed E-state index contributed by atoms with van der Waals surface area (Å²) in [5.41, 5.74) is 8.58. The Balaban J connectivity index is 4.42. The highest BCUT2D eigenvalue weighted by Crippen LogP contribution is 2.29. The van der Waals surface area contributed by atoms with E-state index in [-0.39, 0.29) is 0 Å². The Morgan fingerprint density at radius 2 is 1.55 bits per heavy atom. The predicted molar refractivity (Wildman–Crippen MR) is 50.4 cm³/mol. The molecule has 0 aliphatic heterocycles. The SMILES string of the molecule is C#CC#CP(C#CC)C#CC. The minimum absolute atomic E-state index is 0.793. The molecule has 0 amide bonds. The van der Waals surface area contributed by atoms with Crippen LogP contribution in [-0.2, 0) is 0 Å². The standard InChI is InChI=1S/C10H7P/c1-4-7-10-11(8-5-2)9-6-3/h1H,2-3H3. The molecular formula is C10H7P. The third-order valence-electron chi connectivity index (χ3n) is 0.687. The van der Waals surface area contributed by atoms with Crippen molar-refractivity contribution in [3.8, 4) is 47.1 Å². The summed E-state index contributed by atoms with van der Waals surface area (Å²) in [6.45, 7) is 3.54. The van der Waals surface area contributed by atoms with Crippen molar-refractivity contribution in [1.29, 1.82) is 0 Å². The summed E-state index contributed by atoms with van der Waals surface area (Å²) in [6.07, 6.45) is 4.96. The van der Waals surface area contributed by atoms with Crippen LogP contribution < -0.4 is 0 Å². The number of hydrogen-bond acceptors (Lipinski definition) is 0. The number of rotatable bonds is 0. The molecule has 0 heterocycles. The zero-order chi connectivity index (χ0) is 8.53. The van der Waals surface area contributed by atoms with Crippen molar-refractivity contribution in [3.05, 3.63) is 0 Å². The van der Waals surface area contributed by atoms with Crippen molar-refractivity contribution in [2.45, 2.75) is 13.8 Å². The van der Waals surface area contributed by atoms with E-state index in [2.05, 4.69) is 40.7 Å². The minimum atomic E-state index is -0.793. The van der Waals surface area contributed by atoms with Crippen LogP contribution in [-0.4, -0.2) is 0 Å². The smallest absolute Gasteiger partial charge is 0.106 e. The highest BCUT2D eigenvalue weighted by molar-refractivity contribution is 7.72. The summed E-state index contributed by atoms with van der Waals surface area (Å²) in [5, 5.41) is 0. The van der Waals surface area contributed by atoms with Crippen molar-refractivity contribution in [2.75, 3.05) is 0 Å². The third-order valence-corrected chi connectivity index (χ3v) is 1.92. The second-order valence-corrected chi connectivity index (χ2v) is 2.78. The van der Waals surface area contributed by atoms with Crippen LogP contribution in [0.2, 0.25) is 0 Å². The van der Waals surface area contributed by atoms with E-state index in [0.717, 1.165) is 0 Å². The Morgan fingerprint density at radius 1 is 1.00 bits per heavy atom. The van der Waals surface area contributed by atoms with E-state index in [1.807, 2.05) is 0 Å². The van der Waals surface area contributed by atoms with Crippen LogP contribution in [0, 0.1) is 47.1 Å². The summed E-state index contributed by atoms with van der Waals surface area (Å²) in [5.74, 6) is 10.3. The first kappa shape index (κ1) is 9.67. The lowest BCUT2D eigenvalue weighted by atomic mass is 10.7. The van der Waals surface area contributed by atoms with Gasteiger partial charge < -0.3 is 0 Å². The maximum atomic E-state index is 4.96. The summed E-state index contributed by atoms with van der Waals surface area (Å²) in [6, 6.07) is 0. The summed E-state index contributed by atoms with van der Waals surface area (Å²) in [7, 11) is -0.793. The highest BCUT2D eigenvalue weighted by Gasteiger charge is 1.90. The molecule has 0 radical (unpaired) electrons. The lowest BCUT2D eigenvalue weighted by Crippen LogP contribution is -1.58. The maximum absolute atomic E-state index is 4.96. The number of hydrogen-bond donors (Lipinski definition) is 0. The summed E-state index contributed by atoms with van der Waals surface area (Å²) >= 11 is 0. The average Bonchev–Trinajstić information content (AvgIpc) is 2.01. The van der Waals surface area contributed by atoms with E-state index in [4.69, 9.17) is 6.42 Å². The van der Waals surface area contributed by atoms with Crippen LogP contribution in [0.5, 0.6) is 0 Å². The Bertz CT molecular complexity index is 305. The molecule has 0 spiro atoms. The van der Waals surface area contributed by atoms with E-state index in [0.29, 0.717) is 0 Å². The Morgan fingerprint density at radius 3 is 1.91 bits per heavy atom. The lowest BCUT2D eigenvalue weighted by molar-refractivity contribution is 1.93. The third kappa shape index (κ3) is 5.13. The molecule has 0 bridgehead atoms. The van der Waals surface area contributed by atoms with E-state index in [1.165, 1.54) is 0 Å². The predicted octanol–water partition coefficient (Wildman–Crippen LogP) is 2.02. The van der Waals surface area contributed by atoms with Gasteiger partial charge in [-0.2, -0.15) is 0 Å². The maximum Gasteiger partial charge on any atom is 0.127 e. The zero-order valence-corrected chi connectivity index (χ0v) is 7.42. The minimum Gasteiger partial charge on any atom is -0.106 e. The second-order valence-electron chi connectivity index (χ2n) is 1.44. The molecule has 0 rings (SSSR count). The van der Waals surface area contributed by atoms with Gasteiger partial charge in [-0.1, -0.05) is 0 Å². The monoisotopic (exact) mass is 158 g/mol. The largest absolute Gasteiger partial charge is 0.127 e. The van der Waals surface area contributed by atoms with Gasteiger partial charge in [-0.15, -0.1) is 18.3 Å². The van der Waals surface area contributed by atoms with E-state index < -0.39 is 7.92 Å². The second kappa shape index (κ2) is 6.79. The summed E-state index contributed by atoms with van der Waals surface area (Å²) < 4.78 is 0. The van der Waals surface area contributed by atoms with Crippen LogP contribution >= 0.6 is 7.92 Å². The van der Waals surface area contributed by atoms with Gasteiger partial charge in [-0.3, -0.25) is 0 Å². The van der Waals surface area contributed by atoms with Gasteiger partial charge in [0, 0.05) is 0 Å². The van der Waals surface area contributed by atoms with Crippen molar-refractivity contribution in [2.24, 2.45) is 0 Å². The van der Waals surface area contributed by atoms with Gasteiger partial charge in [0.2, 0.25) is 0 Å². The van der Waals surface area contributed by atoms with Gasteiger partial charge in [0.15, 0.2) is 0 Å². The Labute approximate surface area is 69.5 Å². The molecular weight excluding hydrogens is 151 g/mol. The fourth-order valence-electron chi connectivity index (χ4n) is 0.396. The lowest BCUT2D eigenvalue weighted by Gasteiger charge is -1.84. The normalized spacial score (nSPS) is 5.64. The van der Waals surface area contributed by atoms with Crippen molar-refractivity contribution in [1.82, 2.24) is 0 Å². The molecule has 0 aliphatic carbocycles. The molecule has 0 aliphatic rings. The molecule has 0 saturated heterocycles. The molecule has 0 aromatic carbocycles. The van der Waals surface area contributed by atoms with Gasteiger partial charge >= 0.3 is 0 Å². The first-order chi connectivity index (χ1) is 5.35. The van der Waals surface area contributed by atoms with E-state index in [9.17, 15) is 0 Å². The Kier molecular flexibility index (Phi) is 5.96. The van der Waals surface area contributed by atoms with Crippen molar-refractivity contribution in [3.63, 3.8) is 0 Å². The van der Waals surface area contributed by atoms with Gasteiger partial charge in [-0.25, -0.2) is 0 Å². The van der Waals surface area contributed by atoms with Gasteiger partial charge in [0.25, 0.3) is 0 Å². The topological polar surface area (TPSA) is 0 Å². The zero-order valence-electron chi connectivity index (χ0n) is 6.52. The first-order valence-electron chi connectivity index (χ1n) is 2.96. The van der Waals surface area contributed by atoms with Crippen LogP contribution in [0.4, 0.5) is 0 Å². The number of terminal acetylenes is 1. The van der Waals surface area contributed by atoms with Crippen LogP contribution in [0.15, 0.2) is 0 Å². The molecule has 0 fully saturated rings. The fraction of sp³-hybridized carbons (Fsp3) is 0.200. The van der Waals surface area contributed by atoms with Gasteiger partial charge in [0.1, 0.15) is 7.92 Å². The van der Waals surface area contributed by atoms with Gasteiger partial charge in [-0.05, 0) is 42.7 Å². The van der Waals surface area contributed by atoms with E-state index in [1.54, 1.807) is 13.8 Å². The Hall–Kier alpha value is -1.33. The molecule has 0 saturated carbocycles. The molecule has 0 nitrogen and oxygen atoms in total.